The van der Waals surface area contributed by atoms with E-state index in [1.165, 1.54) is 6.26 Å². The van der Waals surface area contributed by atoms with Gasteiger partial charge in [-0.2, -0.15) is 0 Å². The zero-order chi connectivity index (χ0) is 30.3. The van der Waals surface area contributed by atoms with Crippen molar-refractivity contribution in [1.29, 1.82) is 0 Å². The first-order valence-corrected chi connectivity index (χ1v) is 14.4. The van der Waals surface area contributed by atoms with Crippen molar-refractivity contribution in [3.63, 3.8) is 0 Å². The van der Waals surface area contributed by atoms with Gasteiger partial charge in [0.1, 0.15) is 24.4 Å². The summed E-state index contributed by atoms with van der Waals surface area (Å²) < 4.78 is 16.3. The van der Waals surface area contributed by atoms with Crippen molar-refractivity contribution in [2.45, 2.75) is 57.7 Å². The smallest absolute Gasteiger partial charge is 0.273 e. The van der Waals surface area contributed by atoms with Gasteiger partial charge < -0.3 is 35.2 Å². The Labute approximate surface area is 248 Å². The normalized spacial score (nSPS) is 21.1. The summed E-state index contributed by atoms with van der Waals surface area (Å²) in [6.07, 6.45) is 2.82. The van der Waals surface area contributed by atoms with E-state index in [9.17, 15) is 19.2 Å². The number of aromatic nitrogens is 1. The summed E-state index contributed by atoms with van der Waals surface area (Å²) >= 11 is 0. The number of carbonyl (C=O) groups is 4. The highest BCUT2D eigenvalue weighted by atomic mass is 16.7. The second-order valence-electron chi connectivity index (χ2n) is 10.9. The molecule has 43 heavy (non-hydrogen) atoms. The van der Waals surface area contributed by atoms with E-state index < -0.39 is 41.8 Å². The van der Waals surface area contributed by atoms with Gasteiger partial charge in [0.15, 0.2) is 17.2 Å². The van der Waals surface area contributed by atoms with Gasteiger partial charge in [0, 0.05) is 18.5 Å². The molecule has 3 atom stereocenters. The first-order valence-electron chi connectivity index (χ1n) is 14.4. The molecule has 2 aliphatic rings. The van der Waals surface area contributed by atoms with Gasteiger partial charge in [-0.3, -0.25) is 19.2 Å². The van der Waals surface area contributed by atoms with Crippen molar-refractivity contribution in [2.75, 3.05) is 13.3 Å². The minimum Gasteiger partial charge on any atom is -0.454 e. The van der Waals surface area contributed by atoms with Gasteiger partial charge in [0.2, 0.25) is 24.5 Å². The molecule has 0 fully saturated rings. The number of hydrogen-bond acceptors (Lipinski definition) is 8. The zero-order valence-electron chi connectivity index (χ0n) is 24.1. The molecule has 0 unspecified atom stereocenters. The van der Waals surface area contributed by atoms with Crippen LogP contribution < -0.4 is 30.7 Å². The molecule has 3 aromatic rings. The van der Waals surface area contributed by atoms with Gasteiger partial charge in [-0.25, -0.2) is 4.98 Å². The minimum absolute atomic E-state index is 0.0707. The Bertz CT molecular complexity index is 1470. The number of rotatable bonds is 5. The summed E-state index contributed by atoms with van der Waals surface area (Å²) in [6.45, 7) is 4.19. The van der Waals surface area contributed by atoms with E-state index in [2.05, 4.69) is 26.3 Å². The third-order valence-electron chi connectivity index (χ3n) is 7.36. The maximum atomic E-state index is 13.7. The average molecular weight is 590 g/mol. The second kappa shape index (κ2) is 13.4. The van der Waals surface area contributed by atoms with Crippen LogP contribution in [-0.4, -0.2) is 54.0 Å². The van der Waals surface area contributed by atoms with E-state index in [4.69, 9.17) is 13.9 Å². The minimum atomic E-state index is -0.966. The van der Waals surface area contributed by atoms with Crippen molar-refractivity contribution in [1.82, 2.24) is 26.3 Å². The largest absolute Gasteiger partial charge is 0.454 e. The van der Waals surface area contributed by atoms with Crippen LogP contribution in [0.4, 0.5) is 0 Å². The van der Waals surface area contributed by atoms with Crippen molar-refractivity contribution in [2.24, 2.45) is 5.92 Å². The molecule has 0 radical (unpaired) electrons. The van der Waals surface area contributed by atoms with Gasteiger partial charge in [-0.05, 0) is 48.9 Å². The van der Waals surface area contributed by atoms with E-state index in [1.807, 2.05) is 44.2 Å². The fraction of sp³-hybridized carbons (Fsp3) is 0.387. The molecule has 5 rings (SSSR count). The molecule has 12 nitrogen and oxygen atoms in total. The molecule has 3 heterocycles. The van der Waals surface area contributed by atoms with Crippen LogP contribution in [-0.2, 0) is 16.0 Å². The van der Waals surface area contributed by atoms with Gasteiger partial charge in [-0.15, -0.1) is 0 Å². The number of amides is 4. The third-order valence-corrected chi connectivity index (χ3v) is 7.36. The van der Waals surface area contributed by atoms with E-state index >= 15 is 0 Å². The first-order chi connectivity index (χ1) is 20.8. The fourth-order valence-corrected chi connectivity index (χ4v) is 4.95. The Balaban J connectivity index is 1.41. The maximum absolute atomic E-state index is 13.7. The molecule has 0 spiro atoms. The maximum Gasteiger partial charge on any atom is 0.273 e. The molecule has 2 aliphatic heterocycles. The lowest BCUT2D eigenvalue weighted by molar-refractivity contribution is -0.130. The number of benzene rings is 2. The Morgan fingerprint density at radius 2 is 1.79 bits per heavy atom. The van der Waals surface area contributed by atoms with Crippen LogP contribution in [0.5, 0.6) is 11.5 Å². The van der Waals surface area contributed by atoms with E-state index in [-0.39, 0.29) is 37.1 Å². The summed E-state index contributed by atoms with van der Waals surface area (Å²) in [7, 11) is 0. The Kier molecular flexibility index (Phi) is 9.23. The lowest BCUT2D eigenvalue weighted by Gasteiger charge is -2.26. The molecule has 4 N–H and O–H groups in total. The van der Waals surface area contributed by atoms with Gasteiger partial charge >= 0.3 is 0 Å². The number of nitrogens with one attached hydrogen (secondary N) is 4. The summed E-state index contributed by atoms with van der Waals surface area (Å²) in [4.78, 5) is 57.7. The van der Waals surface area contributed by atoms with Crippen LogP contribution in [0.1, 0.15) is 71.5 Å². The number of ether oxygens (including phenoxy) is 2. The molecule has 2 aromatic carbocycles. The lowest BCUT2D eigenvalue weighted by atomic mass is 10.0. The Hall–Kier alpha value is -4.87. The van der Waals surface area contributed by atoms with Crippen molar-refractivity contribution in [3.8, 4) is 11.5 Å². The highest BCUT2D eigenvalue weighted by Crippen LogP contribution is 2.32. The summed E-state index contributed by atoms with van der Waals surface area (Å²) in [5, 5.41) is 11.5. The predicted octanol–water partition coefficient (Wildman–Crippen LogP) is 2.66. The number of oxazole rings is 1. The molecule has 2 bridgehead atoms. The van der Waals surface area contributed by atoms with Crippen LogP contribution in [0, 0.1) is 5.92 Å². The van der Waals surface area contributed by atoms with Crippen LogP contribution in [0.3, 0.4) is 0 Å². The van der Waals surface area contributed by atoms with Crippen LogP contribution in [0.2, 0.25) is 0 Å². The first kappa shape index (κ1) is 29.6. The van der Waals surface area contributed by atoms with E-state index in [0.29, 0.717) is 36.4 Å². The van der Waals surface area contributed by atoms with Gasteiger partial charge in [-0.1, -0.05) is 44.2 Å². The fourth-order valence-electron chi connectivity index (χ4n) is 4.95. The molecular weight excluding hydrogens is 554 g/mol. The topological polar surface area (TPSA) is 161 Å². The standard InChI is InChI=1S/C31H35N5O7/c1-18(2)26-31-35-23(16-41-31)28(38)32-13-7-6-10-21(33-27(37)20-11-12-24-25(15-20)43-17-42-24)29(39)34-22(30(40)36-26)14-19-8-4-3-5-9-19/h3-5,8-9,11-12,15-16,18,21-22,26H,6-7,10,13-14,17H2,1-2H3,(H,32,38)(H,33,37)(H,34,39)(H,36,40)/t21-,22-,26-/m0/s1. The number of fused-ring (bicyclic) bond motifs is 3. The van der Waals surface area contributed by atoms with E-state index in [1.54, 1.807) is 18.2 Å². The summed E-state index contributed by atoms with van der Waals surface area (Å²) in [5.74, 6) is -0.779. The van der Waals surface area contributed by atoms with Gasteiger partial charge in [0.05, 0.1) is 0 Å². The van der Waals surface area contributed by atoms with Crippen molar-refractivity contribution >= 4 is 23.6 Å². The number of nitrogens with zero attached hydrogens (tertiary/aromatic N) is 1. The highest BCUT2D eigenvalue weighted by molar-refractivity contribution is 5.99. The predicted molar refractivity (Wildman–Crippen MR) is 154 cm³/mol. The third kappa shape index (κ3) is 7.32. The zero-order valence-corrected chi connectivity index (χ0v) is 24.1. The average Bonchev–Trinajstić information content (AvgIpc) is 3.68. The molecule has 226 valence electrons. The summed E-state index contributed by atoms with van der Waals surface area (Å²) in [5.41, 5.74) is 1.26. The van der Waals surface area contributed by atoms with Crippen LogP contribution in [0.15, 0.2) is 59.2 Å². The van der Waals surface area contributed by atoms with Crippen molar-refractivity contribution in [3.05, 3.63) is 77.5 Å². The van der Waals surface area contributed by atoms with Crippen molar-refractivity contribution < 1.29 is 33.1 Å². The summed E-state index contributed by atoms with van der Waals surface area (Å²) in [6, 6.07) is 11.6. The highest BCUT2D eigenvalue weighted by Gasteiger charge is 2.32. The second-order valence-corrected chi connectivity index (χ2v) is 10.9. The SMILES string of the molecule is CC(C)[C@@H]1NC(=O)[C@H](Cc2ccccc2)NC(=O)[C@@H](NC(=O)c2ccc3c(c2)OCO3)CCCCNC(=O)c2coc1n2. The molecule has 0 saturated heterocycles. The van der Waals surface area contributed by atoms with Crippen LogP contribution >= 0.6 is 0 Å². The Morgan fingerprint density at radius 1 is 1.00 bits per heavy atom. The van der Waals surface area contributed by atoms with E-state index in [0.717, 1.165) is 5.56 Å². The molecule has 1 aromatic heterocycles. The molecule has 12 heteroatoms. The van der Waals surface area contributed by atoms with Gasteiger partial charge in [0.25, 0.3) is 11.8 Å². The number of hydrogen-bond donors (Lipinski definition) is 4. The number of carbonyl (C=O) groups excluding carboxylic acids is 4. The molecule has 0 aliphatic carbocycles. The molecular formula is C31H35N5O7. The van der Waals surface area contributed by atoms with Crippen LogP contribution in [0.25, 0.3) is 0 Å². The molecule has 0 saturated carbocycles. The monoisotopic (exact) mass is 589 g/mol. The Morgan fingerprint density at radius 3 is 2.58 bits per heavy atom. The lowest BCUT2D eigenvalue weighted by Crippen LogP contribution is -2.55. The molecule has 4 amide bonds. The quantitative estimate of drug-likeness (QED) is 0.353.